The van der Waals surface area contributed by atoms with Gasteiger partial charge in [0.15, 0.2) is 11.5 Å². The Hall–Kier alpha value is -2.97. The molecular weight excluding hydrogens is 340 g/mol. The Bertz CT molecular complexity index is 849. The smallest absolute Gasteiger partial charge is 0.266 e. The number of hydrogen-bond donors (Lipinski definition) is 1. The number of aryl methyl sites for hydroxylation is 1. The van der Waals surface area contributed by atoms with E-state index in [-0.39, 0.29) is 5.57 Å². The van der Waals surface area contributed by atoms with Gasteiger partial charge in [-0.05, 0) is 42.3 Å². The van der Waals surface area contributed by atoms with Crippen LogP contribution in [0.5, 0.6) is 11.5 Å². The minimum atomic E-state index is -0.534. The van der Waals surface area contributed by atoms with Gasteiger partial charge >= 0.3 is 0 Å². The lowest BCUT2D eigenvalue weighted by Gasteiger charge is -2.10. The SMILES string of the molecule is COc1ccc(/C=C(\C#N)C(=O)Nc2c(C)cccc2Cl)cc1OC. The van der Waals surface area contributed by atoms with Crippen molar-refractivity contribution in [3.63, 3.8) is 0 Å². The van der Waals surface area contributed by atoms with Crippen molar-refractivity contribution in [2.75, 3.05) is 19.5 Å². The summed E-state index contributed by atoms with van der Waals surface area (Å²) in [5.74, 6) is 0.540. The van der Waals surface area contributed by atoms with Crippen LogP contribution in [0.3, 0.4) is 0 Å². The average Bonchev–Trinajstić information content (AvgIpc) is 2.62. The van der Waals surface area contributed by atoms with Gasteiger partial charge in [0.1, 0.15) is 11.6 Å². The van der Waals surface area contributed by atoms with E-state index in [0.717, 1.165) is 5.56 Å². The van der Waals surface area contributed by atoms with Crippen LogP contribution in [0.4, 0.5) is 5.69 Å². The van der Waals surface area contributed by atoms with Crippen LogP contribution in [0.25, 0.3) is 6.08 Å². The molecule has 128 valence electrons. The third kappa shape index (κ3) is 4.31. The zero-order valence-corrected chi connectivity index (χ0v) is 14.8. The number of nitrogens with zero attached hydrogens (tertiary/aromatic N) is 1. The highest BCUT2D eigenvalue weighted by Gasteiger charge is 2.13. The number of nitrogens with one attached hydrogen (secondary N) is 1. The maximum atomic E-state index is 12.4. The van der Waals surface area contributed by atoms with Gasteiger partial charge in [0.25, 0.3) is 5.91 Å². The largest absolute Gasteiger partial charge is 0.493 e. The third-order valence-corrected chi connectivity index (χ3v) is 3.86. The number of carbonyl (C=O) groups is 1. The molecule has 0 atom stereocenters. The first-order chi connectivity index (χ1) is 12.0. The van der Waals surface area contributed by atoms with E-state index >= 15 is 0 Å². The second-order valence-electron chi connectivity index (χ2n) is 5.17. The monoisotopic (exact) mass is 356 g/mol. The number of hydrogen-bond acceptors (Lipinski definition) is 4. The first kappa shape index (κ1) is 18.4. The van der Waals surface area contributed by atoms with Crippen molar-refractivity contribution < 1.29 is 14.3 Å². The highest BCUT2D eigenvalue weighted by atomic mass is 35.5. The summed E-state index contributed by atoms with van der Waals surface area (Å²) >= 11 is 6.11. The maximum absolute atomic E-state index is 12.4. The van der Waals surface area contributed by atoms with E-state index in [1.54, 1.807) is 30.3 Å². The molecule has 0 saturated heterocycles. The molecule has 2 aromatic rings. The standard InChI is InChI=1S/C19H17ClN2O3/c1-12-5-4-6-15(20)18(12)22-19(23)14(11-21)9-13-7-8-16(24-2)17(10-13)25-3/h4-10H,1-3H3,(H,22,23)/b14-9+. The normalized spacial score (nSPS) is 10.8. The fourth-order valence-electron chi connectivity index (χ4n) is 2.23. The summed E-state index contributed by atoms with van der Waals surface area (Å²) in [4.78, 5) is 12.4. The van der Waals surface area contributed by atoms with Gasteiger partial charge in [0, 0.05) is 0 Å². The number of halogens is 1. The lowest BCUT2D eigenvalue weighted by atomic mass is 10.1. The summed E-state index contributed by atoms with van der Waals surface area (Å²) in [6.07, 6.45) is 1.48. The van der Waals surface area contributed by atoms with E-state index in [1.807, 2.05) is 19.1 Å². The van der Waals surface area contributed by atoms with Crippen molar-refractivity contribution in [1.29, 1.82) is 5.26 Å². The average molecular weight is 357 g/mol. The lowest BCUT2D eigenvalue weighted by Crippen LogP contribution is -2.14. The van der Waals surface area contributed by atoms with Crippen molar-refractivity contribution in [3.05, 3.63) is 58.1 Å². The van der Waals surface area contributed by atoms with Crippen molar-refractivity contribution in [2.24, 2.45) is 0 Å². The Balaban J connectivity index is 2.31. The van der Waals surface area contributed by atoms with E-state index in [9.17, 15) is 10.1 Å². The minimum absolute atomic E-state index is 0.0495. The van der Waals surface area contributed by atoms with Gasteiger partial charge in [-0.3, -0.25) is 4.79 Å². The Morgan fingerprint density at radius 1 is 1.20 bits per heavy atom. The number of para-hydroxylation sites is 1. The molecule has 2 rings (SSSR count). The van der Waals surface area contributed by atoms with Crippen molar-refractivity contribution in [1.82, 2.24) is 0 Å². The molecule has 0 spiro atoms. The highest BCUT2D eigenvalue weighted by molar-refractivity contribution is 6.34. The predicted molar refractivity (Wildman–Crippen MR) is 98.0 cm³/mol. The van der Waals surface area contributed by atoms with Gasteiger partial charge < -0.3 is 14.8 Å². The number of amides is 1. The number of benzene rings is 2. The number of anilines is 1. The molecule has 0 heterocycles. The molecule has 5 nitrogen and oxygen atoms in total. The number of methoxy groups -OCH3 is 2. The van der Waals surface area contributed by atoms with Crippen LogP contribution in [-0.4, -0.2) is 20.1 Å². The van der Waals surface area contributed by atoms with Crippen LogP contribution in [0.15, 0.2) is 42.0 Å². The molecule has 0 aliphatic rings. The van der Waals surface area contributed by atoms with Gasteiger partial charge in [0.05, 0.1) is 24.9 Å². The first-order valence-corrected chi connectivity index (χ1v) is 7.78. The zero-order valence-electron chi connectivity index (χ0n) is 14.1. The molecule has 1 N–H and O–H groups in total. The van der Waals surface area contributed by atoms with Crippen molar-refractivity contribution >= 4 is 29.3 Å². The van der Waals surface area contributed by atoms with Crippen LogP contribution >= 0.6 is 11.6 Å². The van der Waals surface area contributed by atoms with Gasteiger partial charge in [-0.15, -0.1) is 0 Å². The predicted octanol–water partition coefficient (Wildman–Crippen LogP) is 4.21. The molecule has 25 heavy (non-hydrogen) atoms. The molecule has 0 unspecified atom stereocenters. The van der Waals surface area contributed by atoms with Gasteiger partial charge in [-0.25, -0.2) is 0 Å². The second-order valence-corrected chi connectivity index (χ2v) is 5.58. The van der Waals surface area contributed by atoms with Crippen LogP contribution in [0.1, 0.15) is 11.1 Å². The number of nitriles is 1. The lowest BCUT2D eigenvalue weighted by molar-refractivity contribution is -0.112. The Morgan fingerprint density at radius 2 is 1.92 bits per heavy atom. The van der Waals surface area contributed by atoms with Crippen molar-refractivity contribution in [3.8, 4) is 17.6 Å². The number of rotatable bonds is 5. The van der Waals surface area contributed by atoms with Gasteiger partial charge in [0.2, 0.25) is 0 Å². The molecule has 1 amide bonds. The summed E-state index contributed by atoms with van der Waals surface area (Å²) in [5.41, 5.74) is 1.89. The molecule has 0 aliphatic carbocycles. The molecule has 2 aromatic carbocycles. The molecule has 0 fully saturated rings. The summed E-state index contributed by atoms with van der Waals surface area (Å²) in [5, 5.41) is 12.4. The fourth-order valence-corrected chi connectivity index (χ4v) is 2.50. The van der Waals surface area contributed by atoms with Crippen LogP contribution in [0.2, 0.25) is 5.02 Å². The number of ether oxygens (including phenoxy) is 2. The van der Waals surface area contributed by atoms with Gasteiger partial charge in [-0.1, -0.05) is 29.8 Å². The van der Waals surface area contributed by atoms with Crippen LogP contribution in [0, 0.1) is 18.3 Å². The summed E-state index contributed by atoms with van der Waals surface area (Å²) in [6.45, 7) is 1.82. The van der Waals surface area contributed by atoms with Crippen molar-refractivity contribution in [2.45, 2.75) is 6.92 Å². The Morgan fingerprint density at radius 3 is 2.52 bits per heavy atom. The number of carbonyl (C=O) groups excluding carboxylic acids is 1. The van der Waals surface area contributed by atoms with E-state index in [1.165, 1.54) is 20.3 Å². The Labute approximate surface area is 151 Å². The second kappa shape index (κ2) is 8.22. The molecule has 0 bridgehead atoms. The maximum Gasteiger partial charge on any atom is 0.266 e. The minimum Gasteiger partial charge on any atom is -0.493 e. The summed E-state index contributed by atoms with van der Waals surface area (Å²) in [6, 6.07) is 12.3. The fraction of sp³-hybridized carbons (Fsp3) is 0.158. The molecular formula is C19H17ClN2O3. The molecule has 6 heteroatoms. The summed E-state index contributed by atoms with van der Waals surface area (Å²) < 4.78 is 10.4. The zero-order chi connectivity index (χ0) is 18.4. The summed E-state index contributed by atoms with van der Waals surface area (Å²) in [7, 11) is 3.05. The molecule has 0 aromatic heterocycles. The quantitative estimate of drug-likeness (QED) is 0.643. The third-order valence-electron chi connectivity index (χ3n) is 3.54. The van der Waals surface area contributed by atoms with E-state index in [2.05, 4.69) is 5.32 Å². The van der Waals surface area contributed by atoms with Gasteiger partial charge in [-0.2, -0.15) is 5.26 Å². The molecule has 0 aliphatic heterocycles. The molecule has 0 saturated carbocycles. The van der Waals surface area contributed by atoms with Crippen LogP contribution < -0.4 is 14.8 Å². The topological polar surface area (TPSA) is 71.3 Å². The van der Waals surface area contributed by atoms with E-state index in [4.69, 9.17) is 21.1 Å². The van der Waals surface area contributed by atoms with E-state index < -0.39 is 5.91 Å². The molecule has 0 radical (unpaired) electrons. The van der Waals surface area contributed by atoms with E-state index in [0.29, 0.717) is 27.8 Å². The highest BCUT2D eigenvalue weighted by Crippen LogP contribution is 2.29. The van der Waals surface area contributed by atoms with Crippen LogP contribution in [-0.2, 0) is 4.79 Å². The Kier molecular flexibility index (Phi) is 6.04. The first-order valence-electron chi connectivity index (χ1n) is 7.40.